The molecule has 1 fully saturated rings. The van der Waals surface area contributed by atoms with Crippen molar-refractivity contribution in [2.45, 2.75) is 25.9 Å². The van der Waals surface area contributed by atoms with Crippen molar-refractivity contribution in [3.8, 4) is 0 Å². The summed E-state index contributed by atoms with van der Waals surface area (Å²) in [6.45, 7) is 3.60. The summed E-state index contributed by atoms with van der Waals surface area (Å²) in [7, 11) is 0. The fourth-order valence-electron chi connectivity index (χ4n) is 3.78. The first-order chi connectivity index (χ1) is 14.1. The van der Waals surface area contributed by atoms with Crippen molar-refractivity contribution in [2.75, 3.05) is 23.3 Å². The lowest BCUT2D eigenvalue weighted by molar-refractivity contribution is 0.145. The van der Waals surface area contributed by atoms with E-state index in [-0.39, 0.29) is 6.10 Å². The minimum Gasteiger partial charge on any atom is -0.393 e. The van der Waals surface area contributed by atoms with Gasteiger partial charge in [0.2, 0.25) is 0 Å². The first-order valence-corrected chi connectivity index (χ1v) is 10.1. The van der Waals surface area contributed by atoms with Crippen molar-refractivity contribution in [3.63, 3.8) is 0 Å². The molecule has 4 aromatic rings. The number of hydrogen-bond donors (Lipinski definition) is 2. The van der Waals surface area contributed by atoms with Gasteiger partial charge in [-0.05, 0) is 43.5 Å². The average Bonchev–Trinajstić information content (AvgIpc) is 3.22. The number of benzene rings is 1. The highest BCUT2D eigenvalue weighted by atomic mass is 35.5. The molecular formula is C21H21ClN6O. The number of aliphatic hydroxyl groups is 1. The van der Waals surface area contributed by atoms with Crippen molar-refractivity contribution in [2.24, 2.45) is 0 Å². The molecule has 0 atom stereocenters. The molecule has 7 nitrogen and oxygen atoms in total. The fourth-order valence-corrected chi connectivity index (χ4v) is 4.05. The van der Waals surface area contributed by atoms with Crippen LogP contribution in [0.4, 0.5) is 17.3 Å². The Bertz CT molecular complexity index is 1180. The highest BCUT2D eigenvalue weighted by Crippen LogP contribution is 2.31. The van der Waals surface area contributed by atoms with Gasteiger partial charge >= 0.3 is 0 Å². The van der Waals surface area contributed by atoms with Crippen LogP contribution >= 0.6 is 11.6 Å². The predicted octanol–water partition coefficient (Wildman–Crippen LogP) is 3.94. The van der Waals surface area contributed by atoms with Crippen LogP contribution in [0.1, 0.15) is 18.4 Å². The summed E-state index contributed by atoms with van der Waals surface area (Å²) in [6, 6.07) is 9.75. The molecule has 0 aliphatic carbocycles. The number of pyridine rings is 1. The number of aliphatic hydroxyl groups excluding tert-OH is 1. The topological polar surface area (TPSA) is 78.6 Å². The molecule has 1 aliphatic rings. The second-order valence-corrected chi connectivity index (χ2v) is 7.80. The van der Waals surface area contributed by atoms with E-state index in [9.17, 15) is 5.11 Å². The SMILES string of the molecule is Cc1cccc(Cl)c1Nc1nc2ccc(N3CCC(O)CC3)nc2n2cncc12. The highest BCUT2D eigenvalue weighted by Gasteiger charge is 2.19. The lowest BCUT2D eigenvalue weighted by Crippen LogP contribution is -2.36. The van der Waals surface area contributed by atoms with E-state index in [1.165, 1.54) is 0 Å². The normalized spacial score (nSPS) is 15.3. The maximum atomic E-state index is 9.76. The molecule has 0 spiro atoms. The van der Waals surface area contributed by atoms with E-state index in [4.69, 9.17) is 21.6 Å². The molecular weight excluding hydrogens is 388 g/mol. The summed E-state index contributed by atoms with van der Waals surface area (Å²) >= 11 is 6.39. The monoisotopic (exact) mass is 408 g/mol. The average molecular weight is 409 g/mol. The Kier molecular flexibility index (Phi) is 4.49. The number of halogens is 1. The molecule has 1 saturated heterocycles. The minimum atomic E-state index is -0.212. The van der Waals surface area contributed by atoms with E-state index in [0.717, 1.165) is 59.7 Å². The van der Waals surface area contributed by atoms with E-state index in [0.29, 0.717) is 10.8 Å². The van der Waals surface area contributed by atoms with Crippen LogP contribution in [0.5, 0.6) is 0 Å². The summed E-state index contributed by atoms with van der Waals surface area (Å²) in [5.41, 5.74) is 4.22. The second kappa shape index (κ2) is 7.17. The molecule has 29 heavy (non-hydrogen) atoms. The van der Waals surface area contributed by atoms with Crippen LogP contribution in [0.3, 0.4) is 0 Å². The molecule has 0 radical (unpaired) electrons. The van der Waals surface area contributed by atoms with E-state index < -0.39 is 0 Å². The third-order valence-corrected chi connectivity index (χ3v) is 5.75. The fraction of sp³-hybridized carbons (Fsp3) is 0.286. The van der Waals surface area contributed by atoms with Gasteiger partial charge in [0.1, 0.15) is 23.2 Å². The summed E-state index contributed by atoms with van der Waals surface area (Å²) in [5.74, 6) is 1.57. The Morgan fingerprint density at radius 1 is 1.14 bits per heavy atom. The maximum absolute atomic E-state index is 9.76. The van der Waals surface area contributed by atoms with Crippen molar-refractivity contribution >= 4 is 45.6 Å². The van der Waals surface area contributed by atoms with Crippen molar-refractivity contribution < 1.29 is 5.11 Å². The van der Waals surface area contributed by atoms with Crippen LogP contribution in [-0.4, -0.2) is 43.7 Å². The van der Waals surface area contributed by atoms with Gasteiger partial charge in [0.15, 0.2) is 11.5 Å². The number of aromatic nitrogens is 4. The first-order valence-electron chi connectivity index (χ1n) is 9.68. The summed E-state index contributed by atoms with van der Waals surface area (Å²) in [4.78, 5) is 16.2. The number of piperidine rings is 1. The van der Waals surface area contributed by atoms with E-state index in [1.807, 2.05) is 41.7 Å². The summed E-state index contributed by atoms with van der Waals surface area (Å²) in [6.07, 6.45) is 4.83. The molecule has 1 aromatic carbocycles. The Morgan fingerprint density at radius 2 is 1.97 bits per heavy atom. The molecule has 0 bridgehead atoms. The molecule has 0 saturated carbocycles. The number of rotatable bonds is 3. The number of nitrogens with zero attached hydrogens (tertiary/aromatic N) is 5. The Morgan fingerprint density at radius 3 is 2.76 bits per heavy atom. The Balaban J connectivity index is 1.59. The van der Waals surface area contributed by atoms with Gasteiger partial charge in [0.25, 0.3) is 0 Å². The number of para-hydroxylation sites is 1. The maximum Gasteiger partial charge on any atom is 0.166 e. The van der Waals surface area contributed by atoms with Crippen LogP contribution in [0.15, 0.2) is 42.9 Å². The van der Waals surface area contributed by atoms with Crippen LogP contribution in [0.25, 0.3) is 16.7 Å². The molecule has 4 heterocycles. The first kappa shape index (κ1) is 18.1. The van der Waals surface area contributed by atoms with Crippen molar-refractivity contribution in [1.82, 2.24) is 19.4 Å². The number of fused-ring (bicyclic) bond motifs is 3. The van der Waals surface area contributed by atoms with E-state index in [2.05, 4.69) is 15.2 Å². The molecule has 3 aromatic heterocycles. The molecule has 148 valence electrons. The Hall–Kier alpha value is -2.90. The number of aryl methyl sites for hydroxylation is 1. The van der Waals surface area contributed by atoms with Gasteiger partial charge in [-0.15, -0.1) is 0 Å². The van der Waals surface area contributed by atoms with Gasteiger partial charge in [-0.3, -0.25) is 4.40 Å². The zero-order chi connectivity index (χ0) is 20.0. The van der Waals surface area contributed by atoms with Crippen molar-refractivity contribution in [1.29, 1.82) is 0 Å². The van der Waals surface area contributed by atoms with Gasteiger partial charge in [-0.2, -0.15) is 0 Å². The third kappa shape index (κ3) is 3.26. The second-order valence-electron chi connectivity index (χ2n) is 7.40. The zero-order valence-corrected chi connectivity index (χ0v) is 16.8. The molecule has 0 amide bonds. The van der Waals surface area contributed by atoms with Crippen LogP contribution in [0.2, 0.25) is 5.02 Å². The number of anilines is 3. The van der Waals surface area contributed by atoms with Gasteiger partial charge < -0.3 is 15.3 Å². The molecule has 0 unspecified atom stereocenters. The minimum absolute atomic E-state index is 0.212. The van der Waals surface area contributed by atoms with E-state index >= 15 is 0 Å². The van der Waals surface area contributed by atoms with Crippen molar-refractivity contribution in [3.05, 3.63) is 53.4 Å². The van der Waals surface area contributed by atoms with Crippen LogP contribution in [0, 0.1) is 6.92 Å². The molecule has 2 N–H and O–H groups in total. The lowest BCUT2D eigenvalue weighted by atomic mass is 10.1. The van der Waals surface area contributed by atoms with Gasteiger partial charge in [-0.25, -0.2) is 15.0 Å². The molecule has 1 aliphatic heterocycles. The standard InChI is InChI=1S/C21H21ClN6O/c1-13-3-2-4-15(22)19(13)26-20-17-11-23-12-28(17)21-16(24-20)5-6-18(25-21)27-9-7-14(29)8-10-27/h2-6,11-12,14,29H,7-10H2,1H3,(H,24,26). The number of imidazole rings is 1. The van der Waals surface area contributed by atoms with Gasteiger partial charge in [0.05, 0.1) is 23.0 Å². The largest absolute Gasteiger partial charge is 0.393 e. The van der Waals surface area contributed by atoms with Gasteiger partial charge in [0, 0.05) is 13.1 Å². The van der Waals surface area contributed by atoms with Gasteiger partial charge in [-0.1, -0.05) is 23.7 Å². The quantitative estimate of drug-likeness (QED) is 0.534. The Labute approximate surface area is 173 Å². The molecule has 5 rings (SSSR count). The number of nitrogens with one attached hydrogen (secondary N) is 1. The molecule has 8 heteroatoms. The lowest BCUT2D eigenvalue weighted by Gasteiger charge is -2.30. The zero-order valence-electron chi connectivity index (χ0n) is 16.0. The predicted molar refractivity (Wildman–Crippen MR) is 115 cm³/mol. The van der Waals surface area contributed by atoms with Crippen LogP contribution < -0.4 is 10.2 Å². The highest BCUT2D eigenvalue weighted by molar-refractivity contribution is 6.33. The number of hydrogen-bond acceptors (Lipinski definition) is 6. The summed E-state index contributed by atoms with van der Waals surface area (Å²) in [5, 5.41) is 13.8. The van der Waals surface area contributed by atoms with Crippen LogP contribution in [-0.2, 0) is 0 Å². The van der Waals surface area contributed by atoms with E-state index in [1.54, 1.807) is 12.5 Å². The third-order valence-electron chi connectivity index (χ3n) is 5.44. The summed E-state index contributed by atoms with van der Waals surface area (Å²) < 4.78 is 1.94. The smallest absolute Gasteiger partial charge is 0.166 e.